The van der Waals surface area contributed by atoms with Gasteiger partial charge < -0.3 is 14.2 Å². The molecule has 0 aromatic heterocycles. The highest BCUT2D eigenvalue weighted by Gasteiger charge is 2.57. The Balaban J connectivity index is 1.17. The highest BCUT2D eigenvalue weighted by atomic mass is 16.6. The normalized spacial score (nSPS) is 32.2. The van der Waals surface area contributed by atoms with Crippen LogP contribution in [0, 0.1) is 22.7 Å². The summed E-state index contributed by atoms with van der Waals surface area (Å²) < 4.78 is 16.6. The van der Waals surface area contributed by atoms with E-state index in [-0.39, 0.29) is 29.2 Å². The summed E-state index contributed by atoms with van der Waals surface area (Å²) >= 11 is 0. The Morgan fingerprint density at radius 1 is 0.750 bits per heavy atom. The summed E-state index contributed by atoms with van der Waals surface area (Å²) in [6.45, 7) is 9.02. The molecular weight excluding hydrogens is 556 g/mol. The molecule has 7 heteroatoms. The molecule has 2 fully saturated rings. The van der Waals surface area contributed by atoms with Crippen LogP contribution < -0.4 is 9.47 Å². The van der Waals surface area contributed by atoms with Gasteiger partial charge in [0.1, 0.15) is 11.5 Å². The van der Waals surface area contributed by atoms with Crippen LogP contribution >= 0.6 is 0 Å². The molecule has 6 rings (SSSR count). The van der Waals surface area contributed by atoms with Crippen LogP contribution in [0.3, 0.4) is 0 Å². The van der Waals surface area contributed by atoms with Crippen molar-refractivity contribution in [1.82, 2.24) is 0 Å². The van der Waals surface area contributed by atoms with Crippen molar-refractivity contribution in [3.05, 3.63) is 58.7 Å². The van der Waals surface area contributed by atoms with Crippen molar-refractivity contribution < 1.29 is 33.4 Å². The van der Waals surface area contributed by atoms with E-state index in [0.29, 0.717) is 42.6 Å². The molecule has 0 amide bonds. The van der Waals surface area contributed by atoms with Crippen LogP contribution in [-0.4, -0.2) is 23.9 Å². The van der Waals surface area contributed by atoms with E-state index in [2.05, 4.69) is 19.1 Å². The first kappa shape index (κ1) is 30.5. The van der Waals surface area contributed by atoms with Gasteiger partial charge in [-0.1, -0.05) is 25.5 Å². The second-order valence-corrected chi connectivity index (χ2v) is 14.5. The van der Waals surface area contributed by atoms with E-state index in [1.807, 2.05) is 38.1 Å². The van der Waals surface area contributed by atoms with Gasteiger partial charge >= 0.3 is 23.9 Å². The van der Waals surface area contributed by atoms with E-state index in [0.717, 1.165) is 50.5 Å². The van der Waals surface area contributed by atoms with Crippen molar-refractivity contribution in [3.63, 3.8) is 0 Å². The lowest BCUT2D eigenvalue weighted by Gasteiger charge is -2.54. The van der Waals surface area contributed by atoms with E-state index in [1.165, 1.54) is 30.5 Å². The van der Waals surface area contributed by atoms with E-state index in [9.17, 15) is 19.2 Å². The minimum Gasteiger partial charge on any atom is -0.427 e. The minimum absolute atomic E-state index is 0.0425. The molecule has 234 valence electrons. The molecule has 4 unspecified atom stereocenters. The van der Waals surface area contributed by atoms with E-state index < -0.39 is 16.8 Å². The van der Waals surface area contributed by atoms with Gasteiger partial charge in [0.25, 0.3) is 0 Å². The van der Waals surface area contributed by atoms with Crippen molar-refractivity contribution in [1.29, 1.82) is 0 Å². The lowest BCUT2D eigenvalue weighted by Crippen LogP contribution is -2.53. The van der Waals surface area contributed by atoms with Gasteiger partial charge in [-0.3, -0.25) is 19.2 Å². The predicted octanol–water partition coefficient (Wildman–Crippen LogP) is 7.15. The van der Waals surface area contributed by atoms with Crippen LogP contribution in [0.1, 0.15) is 114 Å². The highest BCUT2D eigenvalue weighted by Crippen LogP contribution is 2.58. The lowest BCUT2D eigenvalue weighted by molar-refractivity contribution is -0.180. The SMILES string of the molecule is CC(=O)Oc1ccc2c(c1)CCC1C(C)(C(=O)OC(=O)C3(C)CCC4c5cc(OC(C)=O)ccc5CC[C@H]4C3)CCC[C@]21C. The summed E-state index contributed by atoms with van der Waals surface area (Å²) in [5.74, 6) is 0.307. The molecule has 0 bridgehead atoms. The van der Waals surface area contributed by atoms with Gasteiger partial charge in [-0.2, -0.15) is 0 Å². The molecule has 2 aromatic rings. The summed E-state index contributed by atoms with van der Waals surface area (Å²) in [6.07, 6.45) is 8.16. The van der Waals surface area contributed by atoms with Crippen LogP contribution in [0.15, 0.2) is 36.4 Å². The molecule has 4 aliphatic rings. The van der Waals surface area contributed by atoms with Gasteiger partial charge in [-0.15, -0.1) is 0 Å². The largest absolute Gasteiger partial charge is 0.427 e. The van der Waals surface area contributed by atoms with Crippen molar-refractivity contribution in [2.24, 2.45) is 22.7 Å². The molecule has 0 spiro atoms. The van der Waals surface area contributed by atoms with Crippen LogP contribution in [-0.2, 0) is 42.2 Å². The number of fused-ring (bicyclic) bond motifs is 6. The van der Waals surface area contributed by atoms with Gasteiger partial charge in [0.05, 0.1) is 10.8 Å². The maximum atomic E-state index is 14.0. The third kappa shape index (κ3) is 5.26. The summed E-state index contributed by atoms with van der Waals surface area (Å²) in [5.41, 5.74) is 3.15. The third-order valence-corrected chi connectivity index (χ3v) is 11.6. The zero-order valence-electron chi connectivity index (χ0n) is 26.6. The molecule has 44 heavy (non-hydrogen) atoms. The predicted molar refractivity (Wildman–Crippen MR) is 164 cm³/mol. The second-order valence-electron chi connectivity index (χ2n) is 14.5. The summed E-state index contributed by atoms with van der Waals surface area (Å²) in [5, 5.41) is 0. The summed E-state index contributed by atoms with van der Waals surface area (Å²) in [4.78, 5) is 50.9. The zero-order chi connectivity index (χ0) is 31.4. The first-order valence-corrected chi connectivity index (χ1v) is 16.2. The number of ether oxygens (including phenoxy) is 3. The average Bonchev–Trinajstić information content (AvgIpc) is 2.96. The Kier molecular flexibility index (Phi) is 7.74. The van der Waals surface area contributed by atoms with Gasteiger partial charge in [0.2, 0.25) is 0 Å². The lowest BCUT2D eigenvalue weighted by atomic mass is 9.50. The smallest absolute Gasteiger partial charge is 0.319 e. The summed E-state index contributed by atoms with van der Waals surface area (Å²) in [6, 6.07) is 11.8. The Labute approximate surface area is 260 Å². The molecule has 4 aliphatic carbocycles. The number of hydrogen-bond donors (Lipinski definition) is 0. The molecule has 6 atom stereocenters. The van der Waals surface area contributed by atoms with Crippen LogP contribution in [0.25, 0.3) is 0 Å². The number of carbonyl (C=O) groups is 4. The molecule has 0 radical (unpaired) electrons. The molecular formula is C37H44O7. The first-order valence-electron chi connectivity index (χ1n) is 16.2. The third-order valence-electron chi connectivity index (χ3n) is 11.6. The minimum atomic E-state index is -0.765. The van der Waals surface area contributed by atoms with E-state index in [1.54, 1.807) is 0 Å². The van der Waals surface area contributed by atoms with Crippen molar-refractivity contribution in [2.45, 2.75) is 110 Å². The number of esters is 4. The molecule has 2 saturated carbocycles. The summed E-state index contributed by atoms with van der Waals surface area (Å²) in [7, 11) is 0. The Hall–Kier alpha value is -3.48. The first-order chi connectivity index (χ1) is 20.8. The monoisotopic (exact) mass is 600 g/mol. The standard InChI is InChI=1S/C37H44O7/c1-22(38)42-27-12-13-31-25(19-27)10-14-32-36(31,4)16-6-17-37(32,5)34(41)44-33(40)35(3)18-15-29-26(21-35)8-7-24-9-11-28(20-30(24)29)43-23(2)39/h9,11-13,19-20,26,29,32H,6-8,10,14-18,21H2,1-5H3/t26-,29?,32?,35?,36+,37?/m0/s1. The second kappa shape index (κ2) is 11.1. The quantitative estimate of drug-likeness (QED) is 0.209. The number of carbonyl (C=O) groups excluding carboxylic acids is 4. The molecule has 7 nitrogen and oxygen atoms in total. The average molecular weight is 601 g/mol. The number of rotatable bonds is 4. The fraction of sp³-hybridized carbons (Fsp3) is 0.568. The van der Waals surface area contributed by atoms with Crippen molar-refractivity contribution >= 4 is 23.9 Å². The highest BCUT2D eigenvalue weighted by molar-refractivity contribution is 5.91. The topological polar surface area (TPSA) is 96.0 Å². The molecule has 2 aromatic carbocycles. The van der Waals surface area contributed by atoms with Gasteiger partial charge in [-0.05, 0) is 141 Å². The van der Waals surface area contributed by atoms with Crippen LogP contribution in [0.2, 0.25) is 0 Å². The van der Waals surface area contributed by atoms with Crippen LogP contribution in [0.5, 0.6) is 11.5 Å². The Morgan fingerprint density at radius 2 is 1.43 bits per heavy atom. The van der Waals surface area contributed by atoms with Crippen LogP contribution in [0.4, 0.5) is 0 Å². The van der Waals surface area contributed by atoms with Crippen molar-refractivity contribution in [3.8, 4) is 11.5 Å². The Morgan fingerprint density at radius 3 is 2.16 bits per heavy atom. The fourth-order valence-corrected chi connectivity index (χ4v) is 9.41. The Bertz CT molecular complexity index is 1530. The van der Waals surface area contributed by atoms with Gasteiger partial charge in [0.15, 0.2) is 0 Å². The zero-order valence-corrected chi connectivity index (χ0v) is 26.6. The van der Waals surface area contributed by atoms with Gasteiger partial charge in [-0.25, -0.2) is 0 Å². The fourth-order valence-electron chi connectivity index (χ4n) is 9.41. The maximum Gasteiger partial charge on any atom is 0.319 e. The van der Waals surface area contributed by atoms with Gasteiger partial charge in [0, 0.05) is 13.8 Å². The molecule has 0 aliphatic heterocycles. The molecule has 0 heterocycles. The van der Waals surface area contributed by atoms with E-state index >= 15 is 0 Å². The maximum absolute atomic E-state index is 14.0. The molecule has 0 N–H and O–H groups in total. The number of hydrogen-bond acceptors (Lipinski definition) is 7. The number of aryl methyl sites for hydroxylation is 2. The molecule has 0 saturated heterocycles. The van der Waals surface area contributed by atoms with Crippen molar-refractivity contribution in [2.75, 3.05) is 0 Å². The van der Waals surface area contributed by atoms with E-state index in [4.69, 9.17) is 14.2 Å². The number of benzene rings is 2.